The standard InChI is InChI=1S/C25H37N3O2/c1-18-3-4-23(30-2)22(9-18)16-27-5-7-28(8-6-27)17-24(29)26-25-13-19-10-20(14-25)12-21(11-19)15-25/h3-4,9,19-21H,5-8,10-17H2,1-2H3,(H,26,29)/p+2. The van der Waals surface area contributed by atoms with E-state index in [4.69, 9.17) is 4.74 Å². The Kier molecular flexibility index (Phi) is 5.53. The van der Waals surface area contributed by atoms with E-state index >= 15 is 0 Å². The molecule has 0 spiro atoms. The number of hydrogen-bond acceptors (Lipinski definition) is 2. The summed E-state index contributed by atoms with van der Waals surface area (Å²) in [5.41, 5.74) is 2.74. The number of carbonyl (C=O) groups excluding carboxylic acids is 1. The Labute approximate surface area is 181 Å². The van der Waals surface area contributed by atoms with E-state index in [2.05, 4.69) is 30.4 Å². The van der Waals surface area contributed by atoms with Crippen molar-refractivity contribution < 1.29 is 19.3 Å². The van der Waals surface area contributed by atoms with Crippen molar-refractivity contribution in [2.75, 3.05) is 39.8 Å². The van der Waals surface area contributed by atoms with E-state index < -0.39 is 0 Å². The molecule has 1 amide bonds. The predicted molar refractivity (Wildman–Crippen MR) is 117 cm³/mol. The largest absolute Gasteiger partial charge is 0.496 e. The van der Waals surface area contributed by atoms with Crippen molar-refractivity contribution in [2.24, 2.45) is 17.8 Å². The fourth-order valence-corrected chi connectivity index (χ4v) is 7.46. The Morgan fingerprint density at radius 2 is 1.63 bits per heavy atom. The molecule has 5 fully saturated rings. The molecule has 6 rings (SSSR count). The molecule has 4 saturated carbocycles. The first-order valence-electron chi connectivity index (χ1n) is 12.1. The van der Waals surface area contributed by atoms with Gasteiger partial charge in [0.2, 0.25) is 0 Å². The van der Waals surface area contributed by atoms with Gasteiger partial charge in [-0.25, -0.2) is 0 Å². The van der Waals surface area contributed by atoms with Crippen LogP contribution in [0.4, 0.5) is 0 Å². The Morgan fingerprint density at radius 3 is 2.23 bits per heavy atom. The lowest BCUT2D eigenvalue weighted by molar-refractivity contribution is -1.02. The van der Waals surface area contributed by atoms with Crippen LogP contribution in [-0.2, 0) is 11.3 Å². The molecule has 0 unspecified atom stereocenters. The van der Waals surface area contributed by atoms with Crippen molar-refractivity contribution in [1.82, 2.24) is 5.32 Å². The SMILES string of the molecule is COc1ccc(C)cc1C[NH+]1CC[NH+](CC(=O)NC23CC4CC(CC(C4)C2)C3)CC1. The van der Waals surface area contributed by atoms with Crippen molar-refractivity contribution >= 4 is 5.91 Å². The molecule has 30 heavy (non-hydrogen) atoms. The quantitative estimate of drug-likeness (QED) is 0.631. The number of benzene rings is 1. The van der Waals surface area contributed by atoms with Gasteiger partial charge in [0, 0.05) is 11.1 Å². The summed E-state index contributed by atoms with van der Waals surface area (Å²) >= 11 is 0. The van der Waals surface area contributed by atoms with Gasteiger partial charge in [0.25, 0.3) is 5.91 Å². The zero-order valence-corrected chi connectivity index (χ0v) is 18.8. The highest BCUT2D eigenvalue weighted by molar-refractivity contribution is 5.77. The summed E-state index contributed by atoms with van der Waals surface area (Å²) in [6.45, 7) is 8.22. The van der Waals surface area contributed by atoms with Gasteiger partial charge in [-0.15, -0.1) is 0 Å². The van der Waals surface area contributed by atoms with Crippen LogP contribution in [-0.4, -0.2) is 51.3 Å². The number of piperazine rings is 1. The average molecular weight is 414 g/mol. The predicted octanol–water partition coefficient (Wildman–Crippen LogP) is 0.372. The molecule has 164 valence electrons. The monoisotopic (exact) mass is 413 g/mol. The second kappa shape index (κ2) is 8.16. The molecule has 5 heteroatoms. The molecule has 4 aliphatic carbocycles. The normalized spacial score (nSPS) is 37.2. The first-order valence-corrected chi connectivity index (χ1v) is 12.1. The van der Waals surface area contributed by atoms with Gasteiger partial charge in [0.05, 0.1) is 7.11 Å². The fraction of sp³-hybridized carbons (Fsp3) is 0.720. The Hall–Kier alpha value is -1.59. The molecule has 1 aromatic carbocycles. The van der Waals surface area contributed by atoms with Gasteiger partial charge in [-0.05, 0) is 75.3 Å². The maximum absolute atomic E-state index is 12.9. The van der Waals surface area contributed by atoms with E-state index in [-0.39, 0.29) is 5.54 Å². The zero-order chi connectivity index (χ0) is 20.7. The van der Waals surface area contributed by atoms with Crippen molar-refractivity contribution in [3.05, 3.63) is 29.3 Å². The van der Waals surface area contributed by atoms with Crippen LogP contribution in [0.3, 0.4) is 0 Å². The molecule has 5 aliphatic rings. The highest BCUT2D eigenvalue weighted by atomic mass is 16.5. The second-order valence-corrected chi connectivity index (χ2v) is 10.9. The van der Waals surface area contributed by atoms with Gasteiger partial charge in [0.15, 0.2) is 6.54 Å². The lowest BCUT2D eigenvalue weighted by Crippen LogP contribution is -3.28. The molecule has 0 atom stereocenters. The van der Waals surface area contributed by atoms with Gasteiger partial charge in [0.1, 0.15) is 38.5 Å². The molecule has 3 N–H and O–H groups in total. The number of methoxy groups -OCH3 is 1. The molecule has 1 aliphatic heterocycles. The minimum Gasteiger partial charge on any atom is -0.496 e. The van der Waals surface area contributed by atoms with Crippen LogP contribution in [0.5, 0.6) is 5.75 Å². The summed E-state index contributed by atoms with van der Waals surface area (Å²) in [5, 5.41) is 3.56. The van der Waals surface area contributed by atoms with E-state index in [1.54, 1.807) is 12.0 Å². The molecule has 4 bridgehead atoms. The first kappa shape index (κ1) is 20.3. The third kappa shape index (κ3) is 4.24. The molecule has 0 aromatic heterocycles. The second-order valence-electron chi connectivity index (χ2n) is 10.9. The molecule has 1 heterocycles. The maximum Gasteiger partial charge on any atom is 0.275 e. The van der Waals surface area contributed by atoms with Gasteiger partial charge in [-0.3, -0.25) is 4.79 Å². The number of quaternary nitrogens is 2. The number of nitrogens with one attached hydrogen (secondary N) is 3. The number of ether oxygens (including phenoxy) is 1. The van der Waals surface area contributed by atoms with Gasteiger partial charge in [-0.2, -0.15) is 0 Å². The van der Waals surface area contributed by atoms with E-state index in [9.17, 15) is 4.79 Å². The van der Waals surface area contributed by atoms with Crippen molar-refractivity contribution in [2.45, 2.75) is 57.5 Å². The molecule has 1 aromatic rings. The average Bonchev–Trinajstić information content (AvgIpc) is 2.68. The Balaban J connectivity index is 1.11. The molecule has 5 nitrogen and oxygen atoms in total. The van der Waals surface area contributed by atoms with E-state index in [1.807, 2.05) is 0 Å². The van der Waals surface area contributed by atoms with Gasteiger partial charge >= 0.3 is 0 Å². The zero-order valence-electron chi connectivity index (χ0n) is 18.8. The number of aryl methyl sites for hydroxylation is 1. The highest BCUT2D eigenvalue weighted by Gasteiger charge is 2.51. The number of hydrogen-bond donors (Lipinski definition) is 3. The van der Waals surface area contributed by atoms with Crippen LogP contribution in [0.1, 0.15) is 49.7 Å². The summed E-state index contributed by atoms with van der Waals surface area (Å²) in [5.74, 6) is 3.95. The van der Waals surface area contributed by atoms with Crippen LogP contribution in [0.15, 0.2) is 18.2 Å². The van der Waals surface area contributed by atoms with Crippen LogP contribution in [0.2, 0.25) is 0 Å². The molecule has 0 radical (unpaired) electrons. The summed E-state index contributed by atoms with van der Waals surface area (Å²) in [6.07, 6.45) is 8.02. The van der Waals surface area contributed by atoms with Crippen LogP contribution in [0, 0.1) is 24.7 Å². The minimum absolute atomic E-state index is 0.153. The Morgan fingerprint density at radius 1 is 1.03 bits per heavy atom. The summed E-state index contributed by atoms with van der Waals surface area (Å²) in [7, 11) is 1.76. The smallest absolute Gasteiger partial charge is 0.275 e. The number of carbonyl (C=O) groups is 1. The lowest BCUT2D eigenvalue weighted by atomic mass is 9.53. The molecular formula is C25H39N3O2+2. The number of amides is 1. The summed E-state index contributed by atoms with van der Waals surface area (Å²) < 4.78 is 5.56. The van der Waals surface area contributed by atoms with Crippen molar-refractivity contribution in [3.8, 4) is 5.75 Å². The van der Waals surface area contributed by atoms with Crippen LogP contribution in [0.25, 0.3) is 0 Å². The third-order valence-electron chi connectivity index (χ3n) is 8.39. The van der Waals surface area contributed by atoms with Crippen LogP contribution < -0.4 is 19.9 Å². The topological polar surface area (TPSA) is 47.2 Å². The van der Waals surface area contributed by atoms with E-state index in [0.717, 1.165) is 56.2 Å². The van der Waals surface area contributed by atoms with Gasteiger partial charge < -0.3 is 19.9 Å². The van der Waals surface area contributed by atoms with Crippen LogP contribution >= 0.6 is 0 Å². The maximum atomic E-state index is 12.9. The van der Waals surface area contributed by atoms with E-state index in [0.29, 0.717) is 12.5 Å². The lowest BCUT2D eigenvalue weighted by Gasteiger charge is -2.56. The highest BCUT2D eigenvalue weighted by Crippen LogP contribution is 2.55. The number of rotatable bonds is 6. The molecular weight excluding hydrogens is 374 g/mol. The fourth-order valence-electron chi connectivity index (χ4n) is 7.46. The van der Waals surface area contributed by atoms with Gasteiger partial charge in [-0.1, -0.05) is 11.6 Å². The first-order chi connectivity index (χ1) is 14.5. The van der Waals surface area contributed by atoms with E-state index in [1.165, 1.54) is 54.6 Å². The third-order valence-corrected chi connectivity index (χ3v) is 8.39. The van der Waals surface area contributed by atoms with Crippen molar-refractivity contribution in [3.63, 3.8) is 0 Å². The minimum atomic E-state index is 0.153. The summed E-state index contributed by atoms with van der Waals surface area (Å²) in [4.78, 5) is 16.0. The summed E-state index contributed by atoms with van der Waals surface area (Å²) in [6, 6.07) is 6.45. The Bertz CT molecular complexity index is 749. The van der Waals surface area contributed by atoms with Crippen molar-refractivity contribution in [1.29, 1.82) is 0 Å². The molecule has 1 saturated heterocycles.